The van der Waals surface area contributed by atoms with E-state index < -0.39 is 29.8 Å². The van der Waals surface area contributed by atoms with Crippen molar-refractivity contribution in [1.82, 2.24) is 0 Å². The van der Waals surface area contributed by atoms with E-state index in [1.807, 2.05) is 60.7 Å². The third kappa shape index (κ3) is 5.90. The van der Waals surface area contributed by atoms with Crippen LogP contribution in [0.4, 0.5) is 0 Å². The van der Waals surface area contributed by atoms with Gasteiger partial charge < -0.3 is 33.6 Å². The molecule has 0 bridgehead atoms. The molecule has 2 aromatic heterocycles. The Balaban J connectivity index is 1.33. The summed E-state index contributed by atoms with van der Waals surface area (Å²) in [6.07, 6.45) is -4.29. The monoisotopic (exact) mass is 596 g/mol. The second-order valence-corrected chi connectivity index (χ2v) is 10.9. The molecule has 6 rings (SSSR count). The lowest BCUT2D eigenvalue weighted by Gasteiger charge is -2.35. The average Bonchev–Trinajstić information content (AvgIpc) is 3.04. The minimum Gasteiger partial charge on any atom is -0.493 e. The van der Waals surface area contributed by atoms with Crippen molar-refractivity contribution in [3.8, 4) is 11.5 Å². The molecule has 0 saturated carbocycles. The highest BCUT2D eigenvalue weighted by Gasteiger charge is 2.46. The van der Waals surface area contributed by atoms with E-state index in [-0.39, 0.29) is 33.6 Å². The number of rotatable bonds is 9. The molecular formula is C35H32O9. The SMILES string of the molecule is COc1cc2oc(CCc3ccccc3)cc(=O)c2cc1O[C@@H]1c2oc(CCc3ccccc3)cc(=O)c2[C@H](O)[C@@H](O)[C@H]1O. The molecule has 44 heavy (non-hydrogen) atoms. The molecule has 0 spiro atoms. The molecule has 0 unspecified atom stereocenters. The number of fused-ring (bicyclic) bond motifs is 2. The molecule has 4 atom stereocenters. The van der Waals surface area contributed by atoms with Crippen LogP contribution in [0.1, 0.15) is 46.2 Å². The van der Waals surface area contributed by atoms with Crippen molar-refractivity contribution >= 4 is 11.0 Å². The molecule has 1 aliphatic rings. The van der Waals surface area contributed by atoms with Crippen LogP contribution in [-0.2, 0) is 25.7 Å². The van der Waals surface area contributed by atoms with Gasteiger partial charge in [-0.3, -0.25) is 9.59 Å². The van der Waals surface area contributed by atoms with Crippen LogP contribution in [0.2, 0.25) is 0 Å². The fourth-order valence-corrected chi connectivity index (χ4v) is 5.56. The van der Waals surface area contributed by atoms with Crippen LogP contribution in [0.25, 0.3) is 11.0 Å². The smallest absolute Gasteiger partial charge is 0.193 e. The number of hydrogen-bond acceptors (Lipinski definition) is 9. The molecule has 0 fully saturated rings. The van der Waals surface area contributed by atoms with Crippen molar-refractivity contribution < 1.29 is 33.6 Å². The Labute approximate surface area is 252 Å². The number of benzene rings is 3. The summed E-state index contributed by atoms with van der Waals surface area (Å²) in [6.45, 7) is 0. The highest BCUT2D eigenvalue weighted by molar-refractivity contribution is 5.81. The number of aliphatic hydroxyl groups is 3. The maximum atomic E-state index is 13.2. The summed E-state index contributed by atoms with van der Waals surface area (Å²) in [7, 11) is 1.41. The Bertz CT molecular complexity index is 1880. The molecule has 9 nitrogen and oxygen atoms in total. The highest BCUT2D eigenvalue weighted by atomic mass is 16.5. The standard InChI is InChI=1S/C35H32O9/c1-41-28-19-27-24(25(36)16-22(42-27)14-12-20-8-4-2-5-9-20)18-29(28)44-35-33(40)32(39)31(38)30-26(37)17-23(43-34(30)35)15-13-21-10-6-3-7-11-21/h2-11,16-19,31-33,35,38-40H,12-15H2,1H3/t31-,32+,33+,35-/m0/s1. The number of ether oxygens (including phenoxy) is 2. The van der Waals surface area contributed by atoms with Gasteiger partial charge in [-0.25, -0.2) is 0 Å². The van der Waals surface area contributed by atoms with Gasteiger partial charge in [-0.05, 0) is 30.0 Å². The van der Waals surface area contributed by atoms with Crippen molar-refractivity contribution in [2.24, 2.45) is 0 Å². The van der Waals surface area contributed by atoms with E-state index in [0.717, 1.165) is 11.1 Å². The van der Waals surface area contributed by atoms with Gasteiger partial charge in [-0.1, -0.05) is 60.7 Å². The first kappa shape index (κ1) is 29.4. The van der Waals surface area contributed by atoms with E-state index >= 15 is 0 Å². The first-order chi connectivity index (χ1) is 21.3. The van der Waals surface area contributed by atoms with Crippen molar-refractivity contribution in [3.63, 3.8) is 0 Å². The summed E-state index contributed by atoms with van der Waals surface area (Å²) >= 11 is 0. The first-order valence-corrected chi connectivity index (χ1v) is 14.4. The van der Waals surface area contributed by atoms with Crippen molar-refractivity contribution in [1.29, 1.82) is 0 Å². The predicted molar refractivity (Wildman–Crippen MR) is 162 cm³/mol. The van der Waals surface area contributed by atoms with Crippen LogP contribution in [0, 0.1) is 0 Å². The van der Waals surface area contributed by atoms with E-state index in [0.29, 0.717) is 42.8 Å². The molecule has 0 aliphatic heterocycles. The molecule has 0 amide bonds. The molecule has 2 heterocycles. The van der Waals surface area contributed by atoms with Gasteiger partial charge in [0.2, 0.25) is 0 Å². The Hall–Kier alpha value is -4.70. The maximum absolute atomic E-state index is 13.2. The van der Waals surface area contributed by atoms with Crippen molar-refractivity contribution in [2.45, 2.75) is 50.1 Å². The van der Waals surface area contributed by atoms with Gasteiger partial charge in [0.05, 0.1) is 18.1 Å². The summed E-state index contributed by atoms with van der Waals surface area (Å²) in [5, 5.41) is 32.5. The van der Waals surface area contributed by atoms with Crippen LogP contribution in [0.15, 0.2) is 103 Å². The molecule has 1 aliphatic carbocycles. The fraction of sp³-hybridized carbons (Fsp3) is 0.257. The third-order valence-corrected chi connectivity index (χ3v) is 7.93. The fourth-order valence-electron chi connectivity index (χ4n) is 5.56. The van der Waals surface area contributed by atoms with Gasteiger partial charge in [0.1, 0.15) is 35.4 Å². The van der Waals surface area contributed by atoms with Crippen molar-refractivity contribution in [2.75, 3.05) is 7.11 Å². The first-order valence-electron chi connectivity index (χ1n) is 14.4. The van der Waals surface area contributed by atoms with Crippen LogP contribution < -0.4 is 20.3 Å². The molecule has 0 radical (unpaired) electrons. The number of aliphatic hydroxyl groups excluding tert-OH is 3. The lowest BCUT2D eigenvalue weighted by molar-refractivity contribution is -0.121. The summed E-state index contributed by atoms with van der Waals surface area (Å²) in [6, 6.07) is 25.2. The van der Waals surface area contributed by atoms with Crippen LogP contribution in [-0.4, -0.2) is 34.6 Å². The quantitative estimate of drug-likeness (QED) is 0.228. The van der Waals surface area contributed by atoms with Crippen LogP contribution >= 0.6 is 0 Å². The normalized spacial score (nSPS) is 19.5. The summed E-state index contributed by atoms with van der Waals surface area (Å²) < 4.78 is 23.8. The van der Waals surface area contributed by atoms with Gasteiger partial charge in [-0.15, -0.1) is 0 Å². The molecule has 9 heteroatoms. The number of methoxy groups -OCH3 is 1. The van der Waals surface area contributed by atoms with Gasteiger partial charge in [0.15, 0.2) is 34.2 Å². The zero-order valence-corrected chi connectivity index (χ0v) is 24.0. The zero-order chi connectivity index (χ0) is 30.8. The predicted octanol–water partition coefficient (Wildman–Crippen LogP) is 4.21. The van der Waals surface area contributed by atoms with E-state index in [9.17, 15) is 24.9 Å². The van der Waals surface area contributed by atoms with Gasteiger partial charge in [0.25, 0.3) is 0 Å². The topological polar surface area (TPSA) is 140 Å². The Kier molecular flexibility index (Phi) is 8.34. The molecule has 3 aromatic carbocycles. The number of hydrogen-bond donors (Lipinski definition) is 3. The highest BCUT2D eigenvalue weighted by Crippen LogP contribution is 2.41. The molecule has 3 N–H and O–H groups in total. The minimum absolute atomic E-state index is 0.0558. The zero-order valence-electron chi connectivity index (χ0n) is 24.0. The van der Waals surface area contributed by atoms with Crippen LogP contribution in [0.5, 0.6) is 11.5 Å². The summed E-state index contributed by atoms with van der Waals surface area (Å²) in [5.74, 6) is 0.992. The van der Waals surface area contributed by atoms with Gasteiger partial charge in [-0.2, -0.15) is 0 Å². The molecule has 226 valence electrons. The Morgan fingerprint density at radius 1 is 0.682 bits per heavy atom. The largest absolute Gasteiger partial charge is 0.493 e. The maximum Gasteiger partial charge on any atom is 0.193 e. The molecule has 0 saturated heterocycles. The van der Waals surface area contributed by atoms with E-state index in [1.165, 1.54) is 31.4 Å². The average molecular weight is 597 g/mol. The van der Waals surface area contributed by atoms with E-state index in [4.69, 9.17) is 18.3 Å². The Morgan fingerprint density at radius 3 is 1.89 bits per heavy atom. The second kappa shape index (κ2) is 12.5. The van der Waals surface area contributed by atoms with Crippen molar-refractivity contribution in [3.05, 3.63) is 139 Å². The minimum atomic E-state index is -1.73. The molecular weight excluding hydrogens is 564 g/mol. The second-order valence-electron chi connectivity index (χ2n) is 10.9. The van der Waals surface area contributed by atoms with E-state index in [1.54, 1.807) is 0 Å². The molecule has 5 aromatic rings. The lowest BCUT2D eigenvalue weighted by Crippen LogP contribution is -2.46. The summed E-state index contributed by atoms with van der Waals surface area (Å²) in [5.41, 5.74) is 1.41. The van der Waals surface area contributed by atoms with Crippen LogP contribution in [0.3, 0.4) is 0 Å². The van der Waals surface area contributed by atoms with E-state index in [2.05, 4.69) is 0 Å². The summed E-state index contributed by atoms with van der Waals surface area (Å²) in [4.78, 5) is 26.3. The van der Waals surface area contributed by atoms with Gasteiger partial charge >= 0.3 is 0 Å². The van der Waals surface area contributed by atoms with Gasteiger partial charge in [0, 0.05) is 31.0 Å². The lowest BCUT2D eigenvalue weighted by atomic mass is 9.87. The number of aryl methyl sites for hydroxylation is 4. The third-order valence-electron chi connectivity index (χ3n) is 7.93. The Morgan fingerprint density at radius 2 is 1.27 bits per heavy atom.